The lowest BCUT2D eigenvalue weighted by molar-refractivity contribution is 0.166. The Balaban J connectivity index is 1.49. The molecule has 4 heterocycles. The number of nitrogens with zero attached hydrogens (tertiary/aromatic N) is 5. The monoisotopic (exact) mass is 431 g/mol. The predicted molar refractivity (Wildman–Crippen MR) is 124 cm³/mol. The first-order valence-electron chi connectivity index (χ1n) is 10.8. The van der Waals surface area contributed by atoms with Crippen molar-refractivity contribution in [2.75, 3.05) is 40.1 Å². The molecule has 1 aromatic carbocycles. The average Bonchev–Trinajstić information content (AvgIpc) is 3.30. The van der Waals surface area contributed by atoms with Gasteiger partial charge in [0, 0.05) is 49.7 Å². The molecule has 3 aromatic rings. The van der Waals surface area contributed by atoms with Crippen LogP contribution < -0.4 is 20.4 Å². The fourth-order valence-corrected chi connectivity index (χ4v) is 4.14. The molecule has 1 atom stereocenters. The number of aliphatic hydroxyl groups excluding tert-OH is 1. The van der Waals surface area contributed by atoms with Gasteiger partial charge in [-0.3, -0.25) is 10.3 Å². The highest BCUT2D eigenvalue weighted by molar-refractivity contribution is 6.03. The molecule has 2 amide bonds. The van der Waals surface area contributed by atoms with Gasteiger partial charge in [-0.05, 0) is 37.1 Å². The van der Waals surface area contributed by atoms with Crippen LogP contribution in [0.3, 0.4) is 0 Å². The maximum atomic E-state index is 13.1. The summed E-state index contributed by atoms with van der Waals surface area (Å²) in [5.41, 5.74) is 3.56. The number of pyridine rings is 1. The molecule has 0 radical (unpaired) electrons. The zero-order valence-electron chi connectivity index (χ0n) is 17.6. The van der Waals surface area contributed by atoms with E-state index in [1.54, 1.807) is 0 Å². The maximum absolute atomic E-state index is 13.1. The molecule has 2 aliphatic heterocycles. The molecule has 3 N–H and O–H groups in total. The lowest BCUT2D eigenvalue weighted by Gasteiger charge is -2.26. The number of anilines is 4. The SMILES string of the molecule is O=C(Nc1cnccn1)N1c2nc(-c3cccc(N4CCCC4)c3)ccc2NCC[C@H]1O. The third-order valence-electron chi connectivity index (χ3n) is 5.75. The maximum Gasteiger partial charge on any atom is 0.330 e. The van der Waals surface area contributed by atoms with Crippen LogP contribution in [0.5, 0.6) is 0 Å². The van der Waals surface area contributed by atoms with E-state index < -0.39 is 12.3 Å². The van der Waals surface area contributed by atoms with Crippen molar-refractivity contribution in [2.45, 2.75) is 25.5 Å². The molecular formula is C23H25N7O2. The van der Waals surface area contributed by atoms with Crippen molar-refractivity contribution in [2.24, 2.45) is 0 Å². The van der Waals surface area contributed by atoms with Crippen molar-refractivity contribution in [3.63, 3.8) is 0 Å². The Labute approximate surface area is 186 Å². The van der Waals surface area contributed by atoms with Gasteiger partial charge in [-0.25, -0.2) is 19.7 Å². The summed E-state index contributed by atoms with van der Waals surface area (Å²) in [5.74, 6) is 0.679. The first-order valence-corrected chi connectivity index (χ1v) is 10.8. The molecule has 2 aromatic heterocycles. The molecule has 0 bridgehead atoms. The minimum atomic E-state index is -1.03. The minimum Gasteiger partial charge on any atom is -0.382 e. The number of aliphatic hydroxyl groups is 1. The van der Waals surface area contributed by atoms with Gasteiger partial charge >= 0.3 is 6.03 Å². The van der Waals surface area contributed by atoms with E-state index in [0.717, 1.165) is 24.3 Å². The Kier molecular flexibility index (Phi) is 5.55. The van der Waals surface area contributed by atoms with E-state index in [0.29, 0.717) is 30.3 Å². The van der Waals surface area contributed by atoms with Gasteiger partial charge in [0.25, 0.3) is 0 Å². The van der Waals surface area contributed by atoms with E-state index in [-0.39, 0.29) is 0 Å². The summed E-state index contributed by atoms with van der Waals surface area (Å²) in [6.07, 6.45) is 6.23. The van der Waals surface area contributed by atoms with Crippen molar-refractivity contribution < 1.29 is 9.90 Å². The number of nitrogens with one attached hydrogen (secondary N) is 2. The van der Waals surface area contributed by atoms with E-state index in [1.807, 2.05) is 24.3 Å². The van der Waals surface area contributed by atoms with Gasteiger partial charge < -0.3 is 15.3 Å². The summed E-state index contributed by atoms with van der Waals surface area (Å²) in [7, 11) is 0. The standard InChI is InChI=1S/C23H25N7O2/c31-21-8-9-25-19-7-6-18(16-4-3-5-17(14-16)29-12-1-2-13-29)27-22(19)30(21)23(32)28-20-15-24-10-11-26-20/h3-7,10-11,14-15,21,25,31H,1-2,8-9,12-13H2,(H,26,28,32)/t21-/m1/s1. The number of fused-ring (bicyclic) bond motifs is 1. The second kappa shape index (κ2) is 8.80. The second-order valence-corrected chi connectivity index (χ2v) is 7.90. The highest BCUT2D eigenvalue weighted by Gasteiger charge is 2.30. The lowest BCUT2D eigenvalue weighted by atomic mass is 10.1. The Morgan fingerprint density at radius 2 is 2.03 bits per heavy atom. The number of amides is 2. The lowest BCUT2D eigenvalue weighted by Crippen LogP contribution is -2.43. The van der Waals surface area contributed by atoms with Crippen LogP contribution in [0.2, 0.25) is 0 Å². The smallest absolute Gasteiger partial charge is 0.330 e. The molecule has 1 fully saturated rings. The number of benzene rings is 1. The molecule has 164 valence electrons. The Bertz CT molecular complexity index is 1100. The van der Waals surface area contributed by atoms with Gasteiger partial charge in [-0.15, -0.1) is 0 Å². The number of rotatable bonds is 3. The largest absolute Gasteiger partial charge is 0.382 e. The molecule has 1 saturated heterocycles. The summed E-state index contributed by atoms with van der Waals surface area (Å²) in [6, 6.07) is 11.6. The number of aromatic nitrogens is 3. The summed E-state index contributed by atoms with van der Waals surface area (Å²) in [5, 5.41) is 16.7. The zero-order valence-corrected chi connectivity index (χ0v) is 17.6. The fourth-order valence-electron chi connectivity index (χ4n) is 4.14. The number of hydrogen-bond donors (Lipinski definition) is 3. The summed E-state index contributed by atoms with van der Waals surface area (Å²) < 4.78 is 0. The highest BCUT2D eigenvalue weighted by atomic mass is 16.3. The van der Waals surface area contributed by atoms with Gasteiger partial charge in [0.1, 0.15) is 6.23 Å². The third kappa shape index (κ3) is 4.06. The molecule has 2 aliphatic rings. The van der Waals surface area contributed by atoms with Crippen LogP contribution in [0.15, 0.2) is 55.0 Å². The summed E-state index contributed by atoms with van der Waals surface area (Å²) in [6.45, 7) is 2.65. The molecule has 0 unspecified atom stereocenters. The van der Waals surface area contributed by atoms with E-state index in [1.165, 1.54) is 42.0 Å². The normalized spacial score (nSPS) is 18.0. The Morgan fingerprint density at radius 3 is 2.84 bits per heavy atom. The van der Waals surface area contributed by atoms with Gasteiger partial charge in [0.2, 0.25) is 0 Å². The van der Waals surface area contributed by atoms with E-state index >= 15 is 0 Å². The fraction of sp³-hybridized carbons (Fsp3) is 0.304. The quantitative estimate of drug-likeness (QED) is 0.584. The number of carbonyl (C=O) groups is 1. The van der Waals surface area contributed by atoms with E-state index in [9.17, 15) is 9.90 Å². The molecule has 9 nitrogen and oxygen atoms in total. The Morgan fingerprint density at radius 1 is 1.16 bits per heavy atom. The first kappa shape index (κ1) is 20.2. The topological polar surface area (TPSA) is 107 Å². The zero-order chi connectivity index (χ0) is 21.9. The van der Waals surface area contributed by atoms with E-state index in [2.05, 4.69) is 37.6 Å². The number of hydrogen-bond acceptors (Lipinski definition) is 7. The van der Waals surface area contributed by atoms with Crippen LogP contribution in [0.25, 0.3) is 11.3 Å². The van der Waals surface area contributed by atoms with Gasteiger partial charge in [-0.1, -0.05) is 12.1 Å². The van der Waals surface area contributed by atoms with Crippen LogP contribution >= 0.6 is 0 Å². The molecular weight excluding hydrogens is 406 g/mol. The van der Waals surface area contributed by atoms with Crippen LogP contribution in [0.1, 0.15) is 19.3 Å². The van der Waals surface area contributed by atoms with E-state index in [4.69, 9.17) is 4.98 Å². The van der Waals surface area contributed by atoms with Crippen molar-refractivity contribution in [1.82, 2.24) is 15.0 Å². The molecule has 5 rings (SSSR count). The van der Waals surface area contributed by atoms with Crippen molar-refractivity contribution in [3.8, 4) is 11.3 Å². The number of urea groups is 1. The summed E-state index contributed by atoms with van der Waals surface area (Å²) >= 11 is 0. The molecule has 0 saturated carbocycles. The Hall–Kier alpha value is -3.72. The van der Waals surface area contributed by atoms with Crippen molar-refractivity contribution in [1.29, 1.82) is 0 Å². The van der Waals surface area contributed by atoms with Crippen LogP contribution in [0, 0.1) is 0 Å². The van der Waals surface area contributed by atoms with Gasteiger partial charge in [0.15, 0.2) is 11.6 Å². The molecule has 0 spiro atoms. The van der Waals surface area contributed by atoms with Gasteiger partial charge in [0.05, 0.1) is 17.6 Å². The first-order chi connectivity index (χ1) is 15.7. The summed E-state index contributed by atoms with van der Waals surface area (Å²) in [4.78, 5) is 29.6. The van der Waals surface area contributed by atoms with Crippen molar-refractivity contribution in [3.05, 3.63) is 55.0 Å². The van der Waals surface area contributed by atoms with Crippen molar-refractivity contribution >= 4 is 29.0 Å². The third-order valence-corrected chi connectivity index (χ3v) is 5.75. The second-order valence-electron chi connectivity index (χ2n) is 7.90. The average molecular weight is 432 g/mol. The molecule has 0 aliphatic carbocycles. The predicted octanol–water partition coefficient (Wildman–Crippen LogP) is 3.31. The highest BCUT2D eigenvalue weighted by Crippen LogP contribution is 2.33. The van der Waals surface area contributed by atoms with Gasteiger partial charge in [-0.2, -0.15) is 0 Å². The number of carbonyl (C=O) groups excluding carboxylic acids is 1. The molecule has 32 heavy (non-hydrogen) atoms. The van der Waals surface area contributed by atoms with Crippen LogP contribution in [0.4, 0.5) is 27.8 Å². The minimum absolute atomic E-state index is 0.304. The molecule has 9 heteroatoms. The van der Waals surface area contributed by atoms with Crippen LogP contribution in [-0.4, -0.2) is 52.0 Å². The van der Waals surface area contributed by atoms with Crippen LogP contribution in [-0.2, 0) is 0 Å².